The maximum absolute atomic E-state index is 10.9. The minimum Gasteiger partial charge on any atom is -1.00 e. The van der Waals surface area contributed by atoms with E-state index in [0.29, 0.717) is 0 Å². The van der Waals surface area contributed by atoms with Crippen LogP contribution in [0.1, 0.15) is 0 Å². The van der Waals surface area contributed by atoms with Crippen LogP contribution in [-0.4, -0.2) is 75.0 Å². The van der Waals surface area contributed by atoms with Crippen LogP contribution in [0.15, 0.2) is 0 Å². The summed E-state index contributed by atoms with van der Waals surface area (Å²) < 4.78 is 59.9. The van der Waals surface area contributed by atoms with Gasteiger partial charge in [-0.1, -0.05) is 0 Å². The first-order valence-corrected chi connectivity index (χ1v) is 7.11. The molecule has 0 aromatic heterocycles. The number of hydrogen-bond donors (Lipinski definition) is 2. The number of halogens is 2. The zero-order chi connectivity index (χ0) is 13.4. The highest BCUT2D eigenvalue weighted by atomic mass is 35.5. The van der Waals surface area contributed by atoms with Crippen molar-refractivity contribution in [3.63, 3.8) is 0 Å². The van der Waals surface area contributed by atoms with E-state index in [2.05, 4.69) is 0 Å². The molecule has 18 heavy (non-hydrogen) atoms. The fourth-order valence-corrected chi connectivity index (χ4v) is 1.34. The van der Waals surface area contributed by atoms with E-state index in [0.717, 1.165) is 0 Å². The van der Waals surface area contributed by atoms with Crippen LogP contribution in [0.3, 0.4) is 0 Å². The van der Waals surface area contributed by atoms with Crippen LogP contribution in [-0.2, 0) is 20.6 Å². The van der Waals surface area contributed by atoms with E-state index in [1.165, 1.54) is 28.2 Å². The summed E-state index contributed by atoms with van der Waals surface area (Å²) in [5, 5.41) is 0. The van der Waals surface area contributed by atoms with Gasteiger partial charge in [0, 0.05) is 0 Å². The molecule has 0 heterocycles. The molecule has 0 unspecified atom stereocenters. The molecule has 0 rings (SSSR count). The Hall–Kier alpha value is 0.320. The Kier molecular flexibility index (Phi) is 8.66. The molecular weight excluding hydrogens is 331 g/mol. The Morgan fingerprint density at radius 3 is 1.00 bits per heavy atom. The molecule has 2 N–H and O–H groups in total. The summed E-state index contributed by atoms with van der Waals surface area (Å²) in [6.07, 6.45) is 0. The minimum atomic E-state index is -4.32. The standard InChI is InChI=1S/C6H16N2O6S2.2ClH/c1-7(2,15(9,10)11)5-6-8(3,4)16(12,13)14;;/h5-6H2,1-4H3;2*1H. The van der Waals surface area contributed by atoms with Crippen molar-refractivity contribution in [3.05, 3.63) is 0 Å². The van der Waals surface area contributed by atoms with Crippen molar-refractivity contribution in [2.45, 2.75) is 0 Å². The number of rotatable bonds is 5. The van der Waals surface area contributed by atoms with Crippen molar-refractivity contribution in [2.24, 2.45) is 0 Å². The summed E-state index contributed by atoms with van der Waals surface area (Å²) in [5.74, 6) is 0. The van der Waals surface area contributed by atoms with Gasteiger partial charge in [0.1, 0.15) is 13.1 Å². The summed E-state index contributed by atoms with van der Waals surface area (Å²) in [4.78, 5) is 0. The van der Waals surface area contributed by atoms with Crippen LogP contribution in [0.4, 0.5) is 0 Å². The van der Waals surface area contributed by atoms with Gasteiger partial charge in [0.25, 0.3) is 0 Å². The Balaban J connectivity index is -0.00000112. The van der Waals surface area contributed by atoms with Gasteiger partial charge in [0.15, 0.2) is 0 Å². The van der Waals surface area contributed by atoms with Gasteiger partial charge in [-0.3, -0.25) is 0 Å². The normalized spacial score (nSPS) is 13.4. The molecule has 12 heteroatoms. The highest BCUT2D eigenvalue weighted by molar-refractivity contribution is 7.80. The molecule has 0 atom stereocenters. The second-order valence-electron chi connectivity index (χ2n) is 4.49. The Morgan fingerprint density at radius 1 is 0.722 bits per heavy atom. The molecule has 0 aliphatic carbocycles. The van der Waals surface area contributed by atoms with Gasteiger partial charge in [0.2, 0.25) is 0 Å². The monoisotopic (exact) mass is 348 g/mol. The van der Waals surface area contributed by atoms with Crippen LogP contribution in [0.5, 0.6) is 0 Å². The average Bonchev–Trinajstić information content (AvgIpc) is 1.97. The quantitative estimate of drug-likeness (QED) is 0.377. The minimum absolute atomic E-state index is 0. The highest BCUT2D eigenvalue weighted by Crippen LogP contribution is 2.10. The lowest BCUT2D eigenvalue weighted by Crippen LogP contribution is -3.00. The fraction of sp³-hybridized carbons (Fsp3) is 1.00. The SMILES string of the molecule is C[N+](C)(CC[N+](C)(C)S(=O)(=O)O)S(=O)(=O)O.[Cl-].[Cl-]. The summed E-state index contributed by atoms with van der Waals surface area (Å²) in [5.41, 5.74) is 0. The van der Waals surface area contributed by atoms with Gasteiger partial charge in [-0.2, -0.15) is 7.78 Å². The topological polar surface area (TPSA) is 109 Å². The van der Waals surface area contributed by atoms with Crippen LogP contribution in [0, 0.1) is 0 Å². The van der Waals surface area contributed by atoms with Gasteiger partial charge in [-0.05, 0) is 0 Å². The maximum Gasteiger partial charge on any atom is 0.432 e. The fourth-order valence-electron chi connectivity index (χ4n) is 0.712. The van der Waals surface area contributed by atoms with Crippen molar-refractivity contribution in [1.29, 1.82) is 0 Å². The zero-order valence-corrected chi connectivity index (χ0v) is 13.6. The van der Waals surface area contributed by atoms with Gasteiger partial charge < -0.3 is 24.8 Å². The number of nitrogens with zero attached hydrogens (tertiary/aromatic N) is 2. The van der Waals surface area contributed by atoms with Crippen molar-refractivity contribution >= 4 is 20.6 Å². The van der Waals surface area contributed by atoms with Crippen LogP contribution in [0.2, 0.25) is 0 Å². The van der Waals surface area contributed by atoms with Crippen molar-refractivity contribution < 1.29 is 58.5 Å². The molecule has 8 nitrogen and oxygen atoms in total. The summed E-state index contributed by atoms with van der Waals surface area (Å²) in [7, 11) is -3.75. The molecule has 0 spiro atoms. The first-order valence-electron chi connectivity index (χ1n) is 4.32. The van der Waals surface area contributed by atoms with Gasteiger partial charge in [0.05, 0.1) is 28.2 Å². The van der Waals surface area contributed by atoms with E-state index >= 15 is 0 Å². The van der Waals surface area contributed by atoms with E-state index in [1.54, 1.807) is 0 Å². The second-order valence-corrected chi connectivity index (χ2v) is 8.26. The molecule has 0 aliphatic heterocycles. The first-order chi connectivity index (χ1) is 6.71. The third-order valence-electron chi connectivity index (χ3n) is 2.43. The Labute approximate surface area is 120 Å². The zero-order valence-electron chi connectivity index (χ0n) is 10.4. The molecule has 0 fully saturated rings. The van der Waals surface area contributed by atoms with Gasteiger partial charge in [-0.15, -0.1) is 16.8 Å². The maximum atomic E-state index is 10.9. The average molecular weight is 349 g/mol. The number of hydrogen-bond acceptors (Lipinski definition) is 4. The lowest BCUT2D eigenvalue weighted by atomic mass is 10.5. The summed E-state index contributed by atoms with van der Waals surface area (Å²) in [6, 6.07) is 0. The van der Waals surface area contributed by atoms with Crippen LogP contribution < -0.4 is 24.8 Å². The van der Waals surface area contributed by atoms with Gasteiger partial charge in [-0.25, -0.2) is 9.11 Å². The largest absolute Gasteiger partial charge is 1.00 e. The summed E-state index contributed by atoms with van der Waals surface area (Å²) >= 11 is 0. The van der Waals surface area contributed by atoms with E-state index in [9.17, 15) is 16.8 Å². The van der Waals surface area contributed by atoms with E-state index < -0.39 is 28.4 Å². The molecule has 0 aliphatic rings. The molecule has 0 bridgehead atoms. The molecule has 114 valence electrons. The molecule has 0 saturated carbocycles. The molecule has 0 aromatic rings. The smallest absolute Gasteiger partial charge is 0.432 e. The molecule has 0 radical (unpaired) electrons. The summed E-state index contributed by atoms with van der Waals surface area (Å²) in [6.45, 7) is -0.322. The second kappa shape index (κ2) is 6.66. The van der Waals surface area contributed by atoms with E-state index in [-0.39, 0.29) is 37.9 Å². The molecular formula is C6H18Cl2N2O6S2. The molecule has 0 amide bonds. The predicted octanol–water partition coefficient (Wildman–Crippen LogP) is -7.25. The lowest BCUT2D eigenvalue weighted by molar-refractivity contribution is -0.828. The van der Waals surface area contributed by atoms with Crippen LogP contribution in [0.25, 0.3) is 0 Å². The third-order valence-corrected chi connectivity index (χ3v) is 5.29. The highest BCUT2D eigenvalue weighted by Gasteiger charge is 2.38. The van der Waals surface area contributed by atoms with Crippen LogP contribution >= 0.6 is 0 Å². The predicted molar refractivity (Wildman–Crippen MR) is 57.0 cm³/mol. The third kappa shape index (κ3) is 5.97. The Bertz CT molecular complexity index is 414. The number of quaternary nitrogens is 2. The van der Waals surface area contributed by atoms with Crippen molar-refractivity contribution in [2.75, 3.05) is 41.3 Å². The van der Waals surface area contributed by atoms with Crippen molar-refractivity contribution in [3.8, 4) is 0 Å². The van der Waals surface area contributed by atoms with Crippen molar-refractivity contribution in [1.82, 2.24) is 0 Å². The Morgan fingerprint density at radius 2 is 0.889 bits per heavy atom. The van der Waals surface area contributed by atoms with E-state index in [4.69, 9.17) is 9.11 Å². The van der Waals surface area contributed by atoms with Gasteiger partial charge >= 0.3 is 20.6 Å². The lowest BCUT2D eigenvalue weighted by Gasteiger charge is -2.29. The first kappa shape index (κ1) is 23.4. The van der Waals surface area contributed by atoms with E-state index in [1.807, 2.05) is 0 Å². The number of likely N-dealkylation sites (N-methyl/N-ethyl adjacent to an activating group) is 2. The molecule has 0 aromatic carbocycles. The molecule has 0 saturated heterocycles.